The van der Waals surface area contributed by atoms with Crippen molar-refractivity contribution in [2.24, 2.45) is 0 Å². The van der Waals surface area contributed by atoms with Gasteiger partial charge in [0.1, 0.15) is 0 Å². The molecule has 4 aromatic rings. The summed E-state index contributed by atoms with van der Waals surface area (Å²) < 4.78 is 5.14. The standard InChI is InChI=1S/C56H74Br3N4P3/c1-33(2)41-21-17-22-42(34(3)4)53(41)60-49-31-64(57)62(55-45(37(9)10)25-19-26-46(55)38(11)12)29-51(49)66(59)52-30-63(56-47(39(13)14)27-20-28-48(56)40(15)16)65(58)32-50(52)61-54-43(35(5)6)23-18-24-44(54)36(7)8/h17-40,60-61H,1-16H3. The van der Waals surface area contributed by atoms with Gasteiger partial charge in [-0.2, -0.15) is 0 Å². The molecule has 0 bridgehead atoms. The lowest BCUT2D eigenvalue weighted by Crippen LogP contribution is -2.21. The minimum Gasteiger partial charge on any atom is -0.354 e. The number of nitrogens with zero attached hydrogens (tertiary/aromatic N) is 2. The number of rotatable bonds is 16. The van der Waals surface area contributed by atoms with Crippen molar-refractivity contribution in [3.63, 3.8) is 0 Å². The minimum absolute atomic E-state index is 0.348. The lowest BCUT2D eigenvalue weighted by Gasteiger charge is -2.39. The second kappa shape index (κ2) is 22.7. The average molecular weight is 1140 g/mol. The van der Waals surface area contributed by atoms with Crippen LogP contribution in [0, 0.1) is 0 Å². The summed E-state index contributed by atoms with van der Waals surface area (Å²) in [6, 6.07) is 27.5. The SMILES string of the molecule is CC(C)c1cccc(C(C)C)c1NC1=CP(Br)N(c2c(C(C)C)cccc2C(C)C)C=C1P(Br)C1=CN(c2c(C(C)C)cccc2C(C)C)P(Br)C=C1Nc1c(C(C)C)cccc1C(C)C. The predicted octanol–water partition coefficient (Wildman–Crippen LogP) is 21.8. The maximum absolute atomic E-state index is 4.63. The second-order valence-corrected chi connectivity index (χ2v) is 30.9. The molecule has 4 aromatic carbocycles. The van der Waals surface area contributed by atoms with Crippen LogP contribution in [-0.2, 0) is 0 Å². The molecule has 2 aliphatic rings. The normalized spacial score (nSPS) is 17.4. The van der Waals surface area contributed by atoms with Crippen LogP contribution in [0.25, 0.3) is 0 Å². The van der Waals surface area contributed by atoms with Crippen LogP contribution in [0.3, 0.4) is 0 Å². The van der Waals surface area contributed by atoms with E-state index in [1.54, 1.807) is 0 Å². The molecule has 2 aliphatic heterocycles. The van der Waals surface area contributed by atoms with Crippen molar-refractivity contribution < 1.29 is 0 Å². The maximum Gasteiger partial charge on any atom is 0.0937 e. The van der Waals surface area contributed by atoms with E-state index < -0.39 is 20.2 Å². The molecule has 0 saturated heterocycles. The monoisotopic (exact) mass is 1130 g/mol. The Morgan fingerprint density at radius 2 is 0.621 bits per heavy atom. The van der Waals surface area contributed by atoms with Crippen molar-refractivity contribution in [1.82, 2.24) is 0 Å². The number of allylic oxidation sites excluding steroid dienone is 2. The quantitative estimate of drug-likeness (QED) is 0.110. The molecule has 10 heteroatoms. The molecule has 354 valence electrons. The topological polar surface area (TPSA) is 30.5 Å². The van der Waals surface area contributed by atoms with Gasteiger partial charge < -0.3 is 20.0 Å². The Kier molecular flexibility index (Phi) is 18.3. The molecule has 2 unspecified atom stereocenters. The summed E-state index contributed by atoms with van der Waals surface area (Å²) in [6.45, 7) is 34.0. The molecule has 0 spiro atoms. The first-order valence-corrected chi connectivity index (χ1v) is 34.1. The Bertz CT molecular complexity index is 2220. The molecule has 2 atom stereocenters. The third-order valence-corrected chi connectivity index (χ3v) is 22.3. The van der Waals surface area contributed by atoms with Crippen molar-refractivity contribution in [2.45, 2.75) is 158 Å². The van der Waals surface area contributed by atoms with Gasteiger partial charge in [-0.15, -0.1) is 0 Å². The fourth-order valence-electron chi connectivity index (χ4n) is 9.12. The highest BCUT2D eigenvalue weighted by molar-refractivity contribution is 9.40. The van der Waals surface area contributed by atoms with E-state index in [4.69, 9.17) is 0 Å². The number of para-hydroxylation sites is 4. The molecule has 2 N–H and O–H groups in total. The zero-order valence-corrected chi connectivity index (χ0v) is 49.7. The zero-order valence-electron chi connectivity index (χ0n) is 42.2. The van der Waals surface area contributed by atoms with Crippen LogP contribution in [0.5, 0.6) is 0 Å². The van der Waals surface area contributed by atoms with E-state index in [0.29, 0.717) is 47.3 Å². The maximum atomic E-state index is 4.63. The summed E-state index contributed by atoms with van der Waals surface area (Å²) in [5, 5.41) is 10.9. The lowest BCUT2D eigenvalue weighted by atomic mass is 9.92. The number of anilines is 4. The Balaban J connectivity index is 1.67. The predicted molar refractivity (Wildman–Crippen MR) is 311 cm³/mol. The fraction of sp³-hybridized carbons (Fsp3) is 0.429. The van der Waals surface area contributed by atoms with E-state index in [1.165, 1.54) is 77.9 Å². The van der Waals surface area contributed by atoms with Gasteiger partial charge in [-0.25, -0.2) is 0 Å². The molecule has 2 heterocycles. The Labute approximate surface area is 427 Å². The van der Waals surface area contributed by atoms with Crippen LogP contribution >= 0.6 is 66.6 Å². The fourth-order valence-corrected chi connectivity index (χ4v) is 17.7. The van der Waals surface area contributed by atoms with Gasteiger partial charge in [0.25, 0.3) is 0 Å². The molecule has 0 saturated carbocycles. The Morgan fingerprint density at radius 1 is 0.394 bits per heavy atom. The largest absolute Gasteiger partial charge is 0.354 e. The number of hydrogen-bond acceptors (Lipinski definition) is 4. The molecule has 0 aliphatic carbocycles. The van der Waals surface area contributed by atoms with E-state index in [-0.39, 0.29) is 0 Å². The van der Waals surface area contributed by atoms with E-state index in [0.717, 1.165) is 11.4 Å². The third kappa shape index (κ3) is 11.3. The summed E-state index contributed by atoms with van der Waals surface area (Å²) in [4.78, 5) is 0. The first-order chi connectivity index (χ1) is 31.1. The molecular weight excluding hydrogens is 1060 g/mol. The van der Waals surface area contributed by atoms with Gasteiger partial charge in [-0.1, -0.05) is 184 Å². The lowest BCUT2D eigenvalue weighted by molar-refractivity contribution is 0.833. The van der Waals surface area contributed by atoms with Crippen LogP contribution in [0.4, 0.5) is 22.7 Å². The van der Waals surface area contributed by atoms with Crippen molar-refractivity contribution in [3.05, 3.63) is 163 Å². The Morgan fingerprint density at radius 3 is 0.848 bits per heavy atom. The van der Waals surface area contributed by atoms with Crippen LogP contribution in [0.15, 0.2) is 119 Å². The van der Waals surface area contributed by atoms with Crippen LogP contribution in [0.2, 0.25) is 0 Å². The van der Waals surface area contributed by atoms with Gasteiger partial charge in [-0.3, -0.25) is 0 Å². The van der Waals surface area contributed by atoms with Crippen LogP contribution in [-0.4, -0.2) is 0 Å². The molecule has 0 radical (unpaired) electrons. The zero-order chi connectivity index (χ0) is 48.5. The molecule has 0 aromatic heterocycles. The summed E-state index contributed by atoms with van der Waals surface area (Å²) in [7, 11) is 0. The van der Waals surface area contributed by atoms with E-state index in [1.807, 2.05) is 0 Å². The number of nitrogens with one attached hydrogen (secondary N) is 2. The highest BCUT2D eigenvalue weighted by atomic mass is 79.9. The Hall–Kier alpha value is -2.23. The van der Waals surface area contributed by atoms with Gasteiger partial charge in [0.05, 0.1) is 36.3 Å². The molecule has 6 rings (SSSR count). The van der Waals surface area contributed by atoms with Crippen molar-refractivity contribution in [3.8, 4) is 0 Å². The van der Waals surface area contributed by atoms with Gasteiger partial charge in [0.2, 0.25) is 0 Å². The van der Waals surface area contributed by atoms with Crippen molar-refractivity contribution in [2.75, 3.05) is 20.0 Å². The van der Waals surface area contributed by atoms with Gasteiger partial charge in [0.15, 0.2) is 0 Å². The van der Waals surface area contributed by atoms with Gasteiger partial charge >= 0.3 is 0 Å². The molecule has 0 amide bonds. The first-order valence-electron chi connectivity index (χ1n) is 24.0. The van der Waals surface area contributed by atoms with E-state index >= 15 is 0 Å². The summed E-state index contributed by atoms with van der Waals surface area (Å²) >= 11 is 13.3. The van der Waals surface area contributed by atoms with Gasteiger partial charge in [-0.05, 0) is 150 Å². The second-order valence-electron chi connectivity index (χ2n) is 20.3. The molecular formula is C56H74Br3N4P3. The van der Waals surface area contributed by atoms with Crippen molar-refractivity contribution >= 4 is 89.4 Å². The molecule has 0 fully saturated rings. The average Bonchev–Trinajstić information content (AvgIpc) is 3.25. The van der Waals surface area contributed by atoms with Crippen LogP contribution < -0.4 is 20.0 Å². The highest BCUT2D eigenvalue weighted by Crippen LogP contribution is 2.71. The van der Waals surface area contributed by atoms with Crippen LogP contribution in [0.1, 0.15) is 203 Å². The molecule has 4 nitrogen and oxygen atoms in total. The summed E-state index contributed by atoms with van der Waals surface area (Å²) in [5.74, 6) is 7.76. The first kappa shape index (κ1) is 53.1. The number of benzene rings is 4. The van der Waals surface area contributed by atoms with Gasteiger partial charge in [0, 0.05) is 41.0 Å². The number of hydrogen-bond donors (Lipinski definition) is 2. The van der Waals surface area contributed by atoms with Crippen molar-refractivity contribution in [1.29, 1.82) is 0 Å². The highest BCUT2D eigenvalue weighted by Gasteiger charge is 2.36. The smallest absolute Gasteiger partial charge is 0.0937 e. The third-order valence-electron chi connectivity index (χ3n) is 12.8. The summed E-state index contributed by atoms with van der Waals surface area (Å²) in [6.07, 6.45) is 4.97. The summed E-state index contributed by atoms with van der Waals surface area (Å²) in [5.41, 5.74) is 18.2. The molecule has 66 heavy (non-hydrogen) atoms. The van der Waals surface area contributed by atoms with E-state index in [2.05, 4.69) is 274 Å². The van der Waals surface area contributed by atoms with E-state index in [9.17, 15) is 0 Å². The number of halogens is 3. The minimum atomic E-state index is -1.19.